The van der Waals surface area contributed by atoms with E-state index in [1.54, 1.807) is 29.5 Å². The van der Waals surface area contributed by atoms with Crippen molar-refractivity contribution in [2.75, 3.05) is 19.0 Å². The van der Waals surface area contributed by atoms with Gasteiger partial charge in [0, 0.05) is 11.4 Å². The fourth-order valence-corrected chi connectivity index (χ4v) is 3.71. The average molecular weight is 345 g/mol. The number of pyridine rings is 1. The molecule has 3 heterocycles. The topological polar surface area (TPSA) is 71.5 Å². The lowest BCUT2D eigenvalue weighted by Crippen LogP contribution is -2.34. The van der Waals surface area contributed by atoms with Crippen LogP contribution in [0.25, 0.3) is 0 Å². The molecule has 0 unspecified atom stereocenters. The van der Waals surface area contributed by atoms with Crippen molar-refractivity contribution in [2.45, 2.75) is 25.3 Å². The molecule has 0 radical (unpaired) electrons. The van der Waals surface area contributed by atoms with Gasteiger partial charge in [-0.2, -0.15) is 0 Å². The second kappa shape index (κ2) is 7.44. The van der Waals surface area contributed by atoms with E-state index in [2.05, 4.69) is 21.1 Å². The first-order valence-corrected chi connectivity index (χ1v) is 8.69. The quantitative estimate of drug-likeness (QED) is 0.864. The van der Waals surface area contributed by atoms with Crippen LogP contribution in [-0.2, 0) is 16.0 Å². The summed E-state index contributed by atoms with van der Waals surface area (Å²) in [6.07, 6.45) is 2.05. The zero-order valence-corrected chi connectivity index (χ0v) is 14.2. The Bertz CT molecular complexity index is 718. The SMILES string of the molecule is COC(=O)Cc1cccc(NC(=O)N2CCC[C@H]2c2cccs2)n1. The molecule has 2 aromatic rings. The number of hydrogen-bond donors (Lipinski definition) is 1. The maximum atomic E-state index is 12.6. The molecule has 24 heavy (non-hydrogen) atoms. The van der Waals surface area contributed by atoms with Gasteiger partial charge in [-0.1, -0.05) is 12.1 Å². The number of likely N-dealkylation sites (tertiary alicyclic amines) is 1. The first kappa shape index (κ1) is 16.4. The number of amides is 2. The van der Waals surface area contributed by atoms with Crippen LogP contribution < -0.4 is 5.32 Å². The molecular weight excluding hydrogens is 326 g/mol. The van der Waals surface area contributed by atoms with E-state index in [4.69, 9.17) is 0 Å². The van der Waals surface area contributed by atoms with Gasteiger partial charge in [-0.05, 0) is 36.4 Å². The van der Waals surface area contributed by atoms with Crippen LogP contribution in [0.1, 0.15) is 29.5 Å². The number of anilines is 1. The van der Waals surface area contributed by atoms with E-state index in [0.717, 1.165) is 19.4 Å². The van der Waals surface area contributed by atoms with E-state index in [1.165, 1.54) is 12.0 Å². The molecule has 0 spiro atoms. The van der Waals surface area contributed by atoms with Gasteiger partial charge in [0.25, 0.3) is 0 Å². The molecule has 1 fully saturated rings. The third kappa shape index (κ3) is 3.73. The summed E-state index contributed by atoms with van der Waals surface area (Å²) in [6.45, 7) is 0.732. The molecule has 2 aromatic heterocycles. The molecule has 3 rings (SSSR count). The van der Waals surface area contributed by atoms with Crippen LogP contribution in [0, 0.1) is 0 Å². The van der Waals surface area contributed by atoms with E-state index in [-0.39, 0.29) is 24.5 Å². The minimum atomic E-state index is -0.358. The van der Waals surface area contributed by atoms with Crippen molar-refractivity contribution in [3.05, 3.63) is 46.3 Å². The van der Waals surface area contributed by atoms with E-state index < -0.39 is 0 Å². The minimum Gasteiger partial charge on any atom is -0.469 e. The minimum absolute atomic E-state index is 0.0851. The van der Waals surface area contributed by atoms with E-state index in [0.29, 0.717) is 11.5 Å². The van der Waals surface area contributed by atoms with Gasteiger partial charge in [-0.25, -0.2) is 9.78 Å². The number of urea groups is 1. The maximum absolute atomic E-state index is 12.6. The Morgan fingerprint density at radius 3 is 3.00 bits per heavy atom. The number of nitrogens with one attached hydrogen (secondary N) is 1. The summed E-state index contributed by atoms with van der Waals surface area (Å²) in [7, 11) is 1.34. The Kier molecular flexibility index (Phi) is 5.10. The van der Waals surface area contributed by atoms with Crippen LogP contribution in [0.2, 0.25) is 0 Å². The van der Waals surface area contributed by atoms with Gasteiger partial charge in [0.05, 0.1) is 25.3 Å². The van der Waals surface area contributed by atoms with Crippen molar-refractivity contribution in [3.8, 4) is 0 Å². The van der Waals surface area contributed by atoms with E-state index in [9.17, 15) is 9.59 Å². The van der Waals surface area contributed by atoms with Gasteiger partial charge < -0.3 is 9.64 Å². The van der Waals surface area contributed by atoms with Gasteiger partial charge in [0.15, 0.2) is 0 Å². The first-order chi connectivity index (χ1) is 11.7. The van der Waals surface area contributed by atoms with Crippen molar-refractivity contribution in [1.29, 1.82) is 0 Å². The van der Waals surface area contributed by atoms with Crippen LogP contribution in [0.3, 0.4) is 0 Å². The molecule has 1 aliphatic heterocycles. The largest absolute Gasteiger partial charge is 0.469 e. The van der Waals surface area contributed by atoms with E-state index >= 15 is 0 Å². The van der Waals surface area contributed by atoms with Crippen LogP contribution in [0.15, 0.2) is 35.7 Å². The summed E-state index contributed by atoms with van der Waals surface area (Å²) < 4.78 is 4.64. The summed E-state index contributed by atoms with van der Waals surface area (Å²) >= 11 is 1.67. The number of carbonyl (C=O) groups is 2. The van der Waals surface area contributed by atoms with Crippen LogP contribution in [0.5, 0.6) is 0 Å². The smallest absolute Gasteiger partial charge is 0.323 e. The number of aromatic nitrogens is 1. The van der Waals surface area contributed by atoms with Gasteiger partial charge in [0.2, 0.25) is 0 Å². The van der Waals surface area contributed by atoms with Crippen molar-refractivity contribution < 1.29 is 14.3 Å². The van der Waals surface area contributed by atoms with Crippen LogP contribution in [0.4, 0.5) is 10.6 Å². The Morgan fingerprint density at radius 1 is 1.38 bits per heavy atom. The lowest BCUT2D eigenvalue weighted by atomic mass is 10.2. The molecule has 1 N–H and O–H groups in total. The third-order valence-corrected chi connectivity index (χ3v) is 4.95. The van der Waals surface area contributed by atoms with Crippen molar-refractivity contribution in [1.82, 2.24) is 9.88 Å². The predicted octanol–water partition coefficient (Wildman–Crippen LogP) is 3.23. The van der Waals surface area contributed by atoms with Gasteiger partial charge in [-0.15, -0.1) is 11.3 Å². The molecule has 1 aliphatic rings. The number of nitrogens with zero attached hydrogens (tertiary/aromatic N) is 2. The molecule has 2 amide bonds. The fourth-order valence-electron chi connectivity index (χ4n) is 2.84. The molecule has 0 bridgehead atoms. The highest BCUT2D eigenvalue weighted by molar-refractivity contribution is 7.10. The molecule has 7 heteroatoms. The lowest BCUT2D eigenvalue weighted by Gasteiger charge is -2.24. The molecule has 1 atom stereocenters. The van der Waals surface area contributed by atoms with Crippen molar-refractivity contribution >= 4 is 29.2 Å². The highest BCUT2D eigenvalue weighted by atomic mass is 32.1. The number of thiophene rings is 1. The number of methoxy groups -OCH3 is 1. The molecule has 126 valence electrons. The number of esters is 1. The predicted molar refractivity (Wildman–Crippen MR) is 92.0 cm³/mol. The molecule has 1 saturated heterocycles. The Labute approximate surface area is 144 Å². The monoisotopic (exact) mass is 345 g/mol. The standard InChI is InChI=1S/C17H19N3O3S/c1-23-16(21)11-12-5-2-8-15(18-12)19-17(22)20-9-3-6-13(20)14-7-4-10-24-14/h2,4-5,7-8,10,13H,3,6,9,11H2,1H3,(H,18,19,22)/t13-/m0/s1. The summed E-state index contributed by atoms with van der Waals surface area (Å²) in [5.74, 6) is 0.0847. The normalized spacial score (nSPS) is 16.9. The molecule has 0 saturated carbocycles. The zero-order valence-electron chi connectivity index (χ0n) is 13.4. The molecule has 0 aliphatic carbocycles. The van der Waals surface area contributed by atoms with Crippen molar-refractivity contribution in [2.24, 2.45) is 0 Å². The highest BCUT2D eigenvalue weighted by Crippen LogP contribution is 2.34. The van der Waals surface area contributed by atoms with Gasteiger partial charge in [0.1, 0.15) is 5.82 Å². The summed E-state index contributed by atoms with van der Waals surface area (Å²) in [5, 5.41) is 4.87. The van der Waals surface area contributed by atoms with E-state index in [1.807, 2.05) is 16.3 Å². The lowest BCUT2D eigenvalue weighted by molar-refractivity contribution is -0.139. The molecular formula is C17H19N3O3S. The van der Waals surface area contributed by atoms with Crippen molar-refractivity contribution in [3.63, 3.8) is 0 Å². The number of rotatable bonds is 4. The van der Waals surface area contributed by atoms with Crippen LogP contribution in [-0.4, -0.2) is 35.5 Å². The maximum Gasteiger partial charge on any atom is 0.323 e. The highest BCUT2D eigenvalue weighted by Gasteiger charge is 2.30. The van der Waals surface area contributed by atoms with Gasteiger partial charge in [-0.3, -0.25) is 10.1 Å². The van der Waals surface area contributed by atoms with Gasteiger partial charge >= 0.3 is 12.0 Å². The summed E-state index contributed by atoms with van der Waals surface area (Å²) in [6, 6.07) is 9.26. The first-order valence-electron chi connectivity index (χ1n) is 7.81. The second-order valence-electron chi connectivity index (χ2n) is 5.56. The summed E-state index contributed by atoms with van der Waals surface area (Å²) in [5.41, 5.74) is 0.566. The Balaban J connectivity index is 1.68. The third-order valence-electron chi connectivity index (χ3n) is 3.98. The second-order valence-corrected chi connectivity index (χ2v) is 6.54. The Hall–Kier alpha value is -2.41. The average Bonchev–Trinajstić information content (AvgIpc) is 3.26. The Morgan fingerprint density at radius 2 is 2.25 bits per heavy atom. The molecule has 6 nitrogen and oxygen atoms in total. The number of hydrogen-bond acceptors (Lipinski definition) is 5. The fraction of sp³-hybridized carbons (Fsp3) is 0.353. The van der Waals surface area contributed by atoms with Crippen LogP contribution >= 0.6 is 11.3 Å². The number of carbonyl (C=O) groups excluding carboxylic acids is 2. The zero-order chi connectivity index (χ0) is 16.9. The summed E-state index contributed by atoms with van der Waals surface area (Å²) in [4.78, 5) is 31.3. The molecule has 0 aromatic carbocycles. The number of ether oxygens (including phenoxy) is 1.